The average Bonchev–Trinajstić information content (AvgIpc) is 3.33. The van der Waals surface area contributed by atoms with E-state index in [1.807, 2.05) is 6.92 Å². The van der Waals surface area contributed by atoms with E-state index in [2.05, 4.69) is 17.2 Å². The van der Waals surface area contributed by atoms with Crippen LogP contribution in [0.2, 0.25) is 0 Å². The van der Waals surface area contributed by atoms with Gasteiger partial charge in [-0.2, -0.15) is 0 Å². The number of amides is 3. The van der Waals surface area contributed by atoms with Crippen molar-refractivity contribution in [3.63, 3.8) is 0 Å². The molecule has 0 unspecified atom stereocenters. The first-order valence-corrected chi connectivity index (χ1v) is 11.3. The number of nitrogens with zero attached hydrogens (tertiary/aromatic N) is 1. The van der Waals surface area contributed by atoms with Crippen molar-refractivity contribution in [1.29, 1.82) is 0 Å². The number of carbonyl (C=O) groups excluding carboxylic acids is 3. The lowest BCUT2D eigenvalue weighted by molar-refractivity contribution is -0.154. The number of hydrogen-bond acceptors (Lipinski definition) is 6. The first-order chi connectivity index (χ1) is 16.8. The third-order valence-corrected chi connectivity index (χ3v) is 5.42. The third-order valence-electron chi connectivity index (χ3n) is 5.42. The number of carboxylic acid groups (broad SMARTS) is 1. The highest BCUT2D eigenvalue weighted by Gasteiger charge is 2.21. The number of aromatic carboxylic acids is 1. The van der Waals surface area contributed by atoms with E-state index in [0.29, 0.717) is 34.8 Å². The second-order valence-electron chi connectivity index (χ2n) is 7.94. The Labute approximate surface area is 203 Å². The topological polar surface area (TPSA) is 149 Å². The maximum Gasteiger partial charge on any atom is 0.335 e. The molecule has 0 saturated heterocycles. The van der Waals surface area contributed by atoms with Crippen LogP contribution in [0, 0.1) is 5.92 Å². The van der Waals surface area contributed by atoms with Gasteiger partial charge in [0.15, 0.2) is 5.76 Å². The summed E-state index contributed by atoms with van der Waals surface area (Å²) in [6, 6.07) is 7.82. The predicted molar refractivity (Wildman–Crippen MR) is 128 cm³/mol. The van der Waals surface area contributed by atoms with Gasteiger partial charge in [-0.1, -0.05) is 44.4 Å². The monoisotopic (exact) mass is 485 g/mol. The van der Waals surface area contributed by atoms with Gasteiger partial charge >= 0.3 is 5.97 Å². The Morgan fingerprint density at radius 2 is 1.94 bits per heavy atom. The van der Waals surface area contributed by atoms with Crippen LogP contribution in [0.15, 0.2) is 47.4 Å². The zero-order valence-corrected chi connectivity index (χ0v) is 19.7. The standard InChI is InChI=1S/C25H31N3O7/c1-3-5-6-9-17(14-28(34)16-29)23(30)26-15-27-24(31)22-13-12-21(35-22)19-10-7-11-20(25(32)33)18(19)8-4-2/h4,7,10-13,16-17,34H,2-3,5-6,8-9,14-15H2,1H3,(H,26,30)(H,27,31)(H,32,33)/t17-/m1/s1. The number of benzene rings is 1. The molecule has 0 aliphatic rings. The summed E-state index contributed by atoms with van der Waals surface area (Å²) in [4.78, 5) is 47.3. The van der Waals surface area contributed by atoms with Gasteiger partial charge < -0.3 is 20.2 Å². The van der Waals surface area contributed by atoms with Crippen LogP contribution in [0.1, 0.15) is 59.1 Å². The molecule has 0 aliphatic heterocycles. The lowest BCUT2D eigenvalue weighted by atomic mass is 9.96. The number of rotatable bonds is 15. The molecule has 0 aliphatic carbocycles. The Morgan fingerprint density at radius 1 is 1.17 bits per heavy atom. The van der Waals surface area contributed by atoms with E-state index in [9.17, 15) is 29.5 Å². The molecule has 4 N–H and O–H groups in total. The first-order valence-electron chi connectivity index (χ1n) is 11.3. The molecule has 10 nitrogen and oxygen atoms in total. The lowest BCUT2D eigenvalue weighted by Crippen LogP contribution is -2.42. The minimum absolute atomic E-state index is 0.0125. The number of hydrogen-bond donors (Lipinski definition) is 4. The molecule has 0 spiro atoms. The Hall–Kier alpha value is -3.92. The van der Waals surface area contributed by atoms with E-state index < -0.39 is 23.7 Å². The van der Waals surface area contributed by atoms with E-state index in [1.54, 1.807) is 24.3 Å². The van der Waals surface area contributed by atoms with Gasteiger partial charge in [-0.3, -0.25) is 19.6 Å². The molecular formula is C25H31N3O7. The fraction of sp³-hybridized carbons (Fsp3) is 0.360. The Morgan fingerprint density at radius 3 is 2.60 bits per heavy atom. The van der Waals surface area contributed by atoms with Crippen molar-refractivity contribution in [2.24, 2.45) is 5.92 Å². The molecule has 0 fully saturated rings. The van der Waals surface area contributed by atoms with Gasteiger partial charge in [0.25, 0.3) is 5.91 Å². The van der Waals surface area contributed by atoms with Gasteiger partial charge in [0, 0.05) is 5.56 Å². The van der Waals surface area contributed by atoms with Crippen LogP contribution in [-0.4, -0.2) is 52.8 Å². The molecule has 1 aromatic carbocycles. The minimum Gasteiger partial charge on any atom is -0.478 e. The molecule has 2 aromatic rings. The van der Waals surface area contributed by atoms with E-state index in [1.165, 1.54) is 12.1 Å². The Bertz CT molecular complexity index is 1050. The fourth-order valence-corrected chi connectivity index (χ4v) is 3.64. The fourth-order valence-electron chi connectivity index (χ4n) is 3.64. The second-order valence-corrected chi connectivity index (χ2v) is 7.94. The zero-order chi connectivity index (χ0) is 25.8. The number of furan rings is 1. The molecular weight excluding hydrogens is 454 g/mol. The van der Waals surface area contributed by atoms with Gasteiger partial charge in [-0.05, 0) is 36.6 Å². The Kier molecular flexibility index (Phi) is 10.7. The van der Waals surface area contributed by atoms with E-state index in [0.717, 1.165) is 19.3 Å². The van der Waals surface area contributed by atoms with Gasteiger partial charge in [-0.15, -0.1) is 6.58 Å². The second kappa shape index (κ2) is 13.7. The summed E-state index contributed by atoms with van der Waals surface area (Å²) in [6.07, 6.45) is 5.26. The number of hydroxylamine groups is 2. The zero-order valence-electron chi connectivity index (χ0n) is 19.7. The lowest BCUT2D eigenvalue weighted by Gasteiger charge is -2.19. The minimum atomic E-state index is -1.07. The molecule has 188 valence electrons. The summed E-state index contributed by atoms with van der Waals surface area (Å²) in [6.45, 7) is 5.37. The highest BCUT2D eigenvalue weighted by Crippen LogP contribution is 2.29. The van der Waals surface area contributed by atoms with Crippen molar-refractivity contribution in [2.75, 3.05) is 13.2 Å². The van der Waals surface area contributed by atoms with Crippen LogP contribution >= 0.6 is 0 Å². The molecule has 3 amide bonds. The first kappa shape index (κ1) is 27.3. The number of allylic oxidation sites excluding steroid dienone is 1. The predicted octanol–water partition coefficient (Wildman–Crippen LogP) is 3.22. The molecule has 2 rings (SSSR count). The molecule has 1 heterocycles. The summed E-state index contributed by atoms with van der Waals surface area (Å²) >= 11 is 0. The van der Waals surface area contributed by atoms with Crippen LogP contribution in [0.25, 0.3) is 11.3 Å². The maximum atomic E-state index is 12.5. The van der Waals surface area contributed by atoms with Crippen LogP contribution in [0.3, 0.4) is 0 Å². The molecule has 35 heavy (non-hydrogen) atoms. The summed E-state index contributed by atoms with van der Waals surface area (Å²) in [5.74, 6) is -2.35. The number of carbonyl (C=O) groups is 4. The summed E-state index contributed by atoms with van der Waals surface area (Å²) in [7, 11) is 0. The largest absolute Gasteiger partial charge is 0.478 e. The number of unbranched alkanes of at least 4 members (excludes halogenated alkanes) is 2. The van der Waals surface area contributed by atoms with Crippen molar-refractivity contribution in [1.82, 2.24) is 15.7 Å². The van der Waals surface area contributed by atoms with E-state index >= 15 is 0 Å². The third kappa shape index (κ3) is 7.82. The van der Waals surface area contributed by atoms with Crippen LogP contribution < -0.4 is 10.6 Å². The van der Waals surface area contributed by atoms with Gasteiger partial charge in [0.2, 0.25) is 12.3 Å². The van der Waals surface area contributed by atoms with Gasteiger partial charge in [0.1, 0.15) is 5.76 Å². The molecule has 0 radical (unpaired) electrons. The summed E-state index contributed by atoms with van der Waals surface area (Å²) in [5.41, 5.74) is 1.18. The normalized spacial score (nSPS) is 11.4. The SMILES string of the molecule is C=CCc1c(C(=O)O)cccc1-c1ccc(C(=O)NCNC(=O)[C@H](CCCCC)CN(O)C=O)o1. The van der Waals surface area contributed by atoms with E-state index in [-0.39, 0.29) is 30.9 Å². The molecule has 0 bridgehead atoms. The van der Waals surface area contributed by atoms with Gasteiger partial charge in [0.05, 0.1) is 24.7 Å². The smallest absolute Gasteiger partial charge is 0.335 e. The average molecular weight is 486 g/mol. The van der Waals surface area contributed by atoms with E-state index in [4.69, 9.17) is 4.42 Å². The summed E-state index contributed by atoms with van der Waals surface area (Å²) < 4.78 is 5.66. The highest BCUT2D eigenvalue weighted by atomic mass is 16.5. The van der Waals surface area contributed by atoms with Crippen LogP contribution in [0.4, 0.5) is 0 Å². The number of carboxylic acids is 1. The molecule has 1 atom stereocenters. The molecule has 0 saturated carbocycles. The summed E-state index contributed by atoms with van der Waals surface area (Å²) in [5, 5.41) is 24.5. The highest BCUT2D eigenvalue weighted by molar-refractivity contribution is 5.94. The van der Waals surface area contributed by atoms with Crippen molar-refractivity contribution in [3.8, 4) is 11.3 Å². The Balaban J connectivity index is 2.03. The molecule has 1 aromatic heterocycles. The van der Waals surface area contributed by atoms with Crippen molar-refractivity contribution < 1.29 is 33.9 Å². The number of nitrogens with one attached hydrogen (secondary N) is 2. The van der Waals surface area contributed by atoms with Crippen LogP contribution in [0.5, 0.6) is 0 Å². The van der Waals surface area contributed by atoms with Crippen molar-refractivity contribution in [3.05, 3.63) is 59.9 Å². The van der Waals surface area contributed by atoms with Crippen LogP contribution in [-0.2, 0) is 16.0 Å². The quantitative estimate of drug-likeness (QED) is 0.0755. The van der Waals surface area contributed by atoms with Crippen molar-refractivity contribution >= 4 is 24.2 Å². The van der Waals surface area contributed by atoms with Gasteiger partial charge in [-0.25, -0.2) is 9.86 Å². The maximum absolute atomic E-state index is 12.5. The molecule has 10 heteroatoms. The van der Waals surface area contributed by atoms with Crippen molar-refractivity contribution in [2.45, 2.75) is 39.0 Å².